The van der Waals surface area contributed by atoms with Crippen LogP contribution in [0.2, 0.25) is 0 Å². The van der Waals surface area contributed by atoms with Crippen molar-refractivity contribution in [3.63, 3.8) is 0 Å². The van der Waals surface area contributed by atoms with Gasteiger partial charge in [0.1, 0.15) is 16.8 Å². The Balaban J connectivity index is 1.82. The van der Waals surface area contributed by atoms with E-state index < -0.39 is 10.0 Å². The normalized spacial score (nSPS) is 20.9. The highest BCUT2D eigenvalue weighted by molar-refractivity contribution is 7.89. The van der Waals surface area contributed by atoms with Gasteiger partial charge in [0.05, 0.1) is 6.04 Å². The van der Waals surface area contributed by atoms with Crippen LogP contribution >= 0.6 is 0 Å². The number of likely N-dealkylation sites (N-methyl/N-ethyl adjacent to an activating group) is 1. The van der Waals surface area contributed by atoms with Gasteiger partial charge in [-0.2, -0.15) is 0 Å². The minimum atomic E-state index is -3.48. The molecule has 2 aromatic rings. The zero-order valence-corrected chi connectivity index (χ0v) is 14.4. The van der Waals surface area contributed by atoms with E-state index in [9.17, 15) is 8.42 Å². The van der Waals surface area contributed by atoms with Crippen molar-refractivity contribution in [2.45, 2.75) is 23.5 Å². The van der Waals surface area contributed by atoms with Crippen LogP contribution in [0.4, 0.5) is 5.82 Å². The van der Waals surface area contributed by atoms with Crippen LogP contribution in [0.5, 0.6) is 0 Å². The maximum absolute atomic E-state index is 11.8. The van der Waals surface area contributed by atoms with Crippen molar-refractivity contribution in [2.75, 3.05) is 25.6 Å². The highest BCUT2D eigenvalue weighted by atomic mass is 32.2. The summed E-state index contributed by atoms with van der Waals surface area (Å²) in [6.45, 7) is 0.667. The number of hydrogen-bond donors (Lipinski definition) is 1. The van der Waals surface area contributed by atoms with Crippen LogP contribution in [0.15, 0.2) is 47.8 Å². The molecule has 0 aromatic carbocycles. The molecule has 3 rings (SSSR count). The van der Waals surface area contributed by atoms with Crippen molar-refractivity contribution < 1.29 is 13.2 Å². The summed E-state index contributed by atoms with van der Waals surface area (Å²) in [4.78, 5) is 10.6. The Morgan fingerprint density at radius 3 is 2.75 bits per heavy atom. The summed E-state index contributed by atoms with van der Waals surface area (Å²) in [6, 6.07) is 7.28. The Labute approximate surface area is 141 Å². The molecule has 1 saturated heterocycles. The predicted octanol–water partition coefficient (Wildman–Crippen LogP) is 1.35. The average Bonchev–Trinajstić information content (AvgIpc) is 3.11. The van der Waals surface area contributed by atoms with Gasteiger partial charge < -0.3 is 9.64 Å². The van der Waals surface area contributed by atoms with Gasteiger partial charge in [-0.05, 0) is 31.7 Å². The fourth-order valence-electron chi connectivity index (χ4n) is 2.87. The largest absolute Gasteiger partial charge is 0.371 e. The summed E-state index contributed by atoms with van der Waals surface area (Å²) in [5, 5.41) is 0. The molecule has 1 aliphatic heterocycles. The van der Waals surface area contributed by atoms with Crippen molar-refractivity contribution in [1.82, 2.24) is 14.7 Å². The number of aromatic nitrogens is 2. The quantitative estimate of drug-likeness (QED) is 0.878. The molecule has 24 heavy (non-hydrogen) atoms. The van der Waals surface area contributed by atoms with Gasteiger partial charge in [-0.3, -0.25) is 4.98 Å². The van der Waals surface area contributed by atoms with Crippen molar-refractivity contribution >= 4 is 15.8 Å². The van der Waals surface area contributed by atoms with E-state index in [1.165, 1.54) is 13.2 Å². The summed E-state index contributed by atoms with van der Waals surface area (Å²) in [6.07, 6.45) is 5.71. The lowest BCUT2D eigenvalue weighted by Crippen LogP contribution is -2.34. The van der Waals surface area contributed by atoms with Crippen LogP contribution in [-0.4, -0.2) is 45.1 Å². The van der Waals surface area contributed by atoms with Gasteiger partial charge >= 0.3 is 0 Å². The van der Waals surface area contributed by atoms with Gasteiger partial charge in [-0.15, -0.1) is 0 Å². The lowest BCUT2D eigenvalue weighted by molar-refractivity contribution is 0.104. The summed E-state index contributed by atoms with van der Waals surface area (Å²) in [5.74, 6) is 0.703. The fraction of sp³-hybridized carbons (Fsp3) is 0.375. The molecular weight excluding hydrogens is 328 g/mol. The summed E-state index contributed by atoms with van der Waals surface area (Å²) >= 11 is 0. The SMILES string of the molecule is CNS(=O)(=O)c1ccc(N(C)[C@H]2CCO[C@@H]2c2cccnc2)nc1. The molecule has 0 bridgehead atoms. The number of pyridine rings is 2. The van der Waals surface area contributed by atoms with Gasteiger partial charge in [0.2, 0.25) is 10.0 Å². The van der Waals surface area contributed by atoms with E-state index in [1.807, 2.05) is 30.3 Å². The third-order valence-electron chi connectivity index (χ3n) is 4.23. The molecule has 1 aliphatic rings. The minimum absolute atomic E-state index is 0.0776. The highest BCUT2D eigenvalue weighted by Crippen LogP contribution is 2.33. The predicted molar refractivity (Wildman–Crippen MR) is 90.2 cm³/mol. The first-order chi connectivity index (χ1) is 11.5. The van der Waals surface area contributed by atoms with E-state index in [0.717, 1.165) is 12.0 Å². The standard InChI is InChI=1S/C16H20N4O3S/c1-17-24(21,22)13-5-6-15(19-11-13)20(2)14-7-9-23-16(14)12-4-3-8-18-10-12/h3-6,8,10-11,14,16-17H,7,9H2,1-2H3/t14-,16+/m0/s1. The molecule has 0 saturated carbocycles. The number of sulfonamides is 1. The minimum Gasteiger partial charge on any atom is -0.371 e. The molecule has 8 heteroatoms. The van der Waals surface area contributed by atoms with Crippen LogP contribution in [0, 0.1) is 0 Å². The number of anilines is 1. The zero-order chi connectivity index (χ0) is 17.2. The fourth-order valence-corrected chi connectivity index (χ4v) is 3.54. The molecule has 0 amide bonds. The molecule has 2 aromatic heterocycles. The van der Waals surface area contributed by atoms with E-state index in [-0.39, 0.29) is 17.0 Å². The number of nitrogens with zero attached hydrogens (tertiary/aromatic N) is 3. The monoisotopic (exact) mass is 348 g/mol. The second-order valence-corrected chi connectivity index (χ2v) is 7.49. The Hall–Kier alpha value is -2.03. The number of ether oxygens (including phenoxy) is 1. The average molecular weight is 348 g/mol. The summed E-state index contributed by atoms with van der Waals surface area (Å²) in [5.41, 5.74) is 1.03. The van der Waals surface area contributed by atoms with Crippen molar-refractivity contribution in [2.24, 2.45) is 0 Å². The molecular formula is C16H20N4O3S. The molecule has 128 valence electrons. The molecule has 0 spiro atoms. The second kappa shape index (κ2) is 6.84. The third kappa shape index (κ3) is 3.26. The number of rotatable bonds is 5. The zero-order valence-electron chi connectivity index (χ0n) is 13.6. The lowest BCUT2D eigenvalue weighted by atomic mass is 10.0. The van der Waals surface area contributed by atoms with Gasteiger partial charge in [-0.25, -0.2) is 18.1 Å². The third-order valence-corrected chi connectivity index (χ3v) is 5.63. The van der Waals surface area contributed by atoms with Crippen LogP contribution < -0.4 is 9.62 Å². The second-order valence-electron chi connectivity index (χ2n) is 5.60. The molecule has 0 unspecified atom stereocenters. The molecule has 1 fully saturated rings. The van der Waals surface area contributed by atoms with E-state index in [0.29, 0.717) is 12.4 Å². The lowest BCUT2D eigenvalue weighted by Gasteiger charge is -2.29. The van der Waals surface area contributed by atoms with Gasteiger partial charge in [-0.1, -0.05) is 6.07 Å². The maximum Gasteiger partial charge on any atom is 0.241 e. The van der Waals surface area contributed by atoms with E-state index in [4.69, 9.17) is 4.74 Å². The molecule has 7 nitrogen and oxygen atoms in total. The van der Waals surface area contributed by atoms with Crippen molar-refractivity contribution in [3.05, 3.63) is 48.4 Å². The van der Waals surface area contributed by atoms with Crippen LogP contribution in [0.1, 0.15) is 18.1 Å². The van der Waals surface area contributed by atoms with Gasteiger partial charge in [0.15, 0.2) is 0 Å². The van der Waals surface area contributed by atoms with Crippen molar-refractivity contribution in [3.8, 4) is 0 Å². The summed E-state index contributed by atoms with van der Waals surface area (Å²) < 4.78 is 31.7. The van der Waals surface area contributed by atoms with Crippen molar-refractivity contribution in [1.29, 1.82) is 0 Å². The van der Waals surface area contributed by atoms with Crippen LogP contribution in [0.3, 0.4) is 0 Å². The Kier molecular flexibility index (Phi) is 4.79. The first-order valence-corrected chi connectivity index (χ1v) is 9.15. The Morgan fingerprint density at radius 2 is 2.12 bits per heavy atom. The highest BCUT2D eigenvalue weighted by Gasteiger charge is 2.33. The Morgan fingerprint density at radius 1 is 1.29 bits per heavy atom. The molecule has 2 atom stereocenters. The topological polar surface area (TPSA) is 84.4 Å². The molecule has 1 N–H and O–H groups in total. The van der Waals surface area contributed by atoms with Crippen LogP contribution in [-0.2, 0) is 14.8 Å². The maximum atomic E-state index is 11.8. The van der Waals surface area contributed by atoms with E-state index in [2.05, 4.69) is 14.7 Å². The van der Waals surface area contributed by atoms with Gasteiger partial charge in [0, 0.05) is 37.8 Å². The number of hydrogen-bond acceptors (Lipinski definition) is 6. The first kappa shape index (κ1) is 16.8. The van der Waals surface area contributed by atoms with E-state index in [1.54, 1.807) is 18.3 Å². The smallest absolute Gasteiger partial charge is 0.241 e. The van der Waals surface area contributed by atoms with E-state index >= 15 is 0 Å². The molecule has 0 aliphatic carbocycles. The molecule has 0 radical (unpaired) electrons. The summed E-state index contributed by atoms with van der Waals surface area (Å²) in [7, 11) is -0.157. The first-order valence-electron chi connectivity index (χ1n) is 7.67. The Bertz CT molecular complexity index is 781. The van der Waals surface area contributed by atoms with Crippen LogP contribution in [0.25, 0.3) is 0 Å². The van der Waals surface area contributed by atoms with Gasteiger partial charge in [0.25, 0.3) is 0 Å². The number of nitrogens with one attached hydrogen (secondary N) is 1. The molecule has 3 heterocycles.